The Hall–Kier alpha value is -1.93. The van der Waals surface area contributed by atoms with E-state index >= 15 is 0 Å². The van der Waals surface area contributed by atoms with Crippen molar-refractivity contribution in [2.24, 2.45) is 0 Å². The lowest BCUT2D eigenvalue weighted by molar-refractivity contribution is -0.141. The van der Waals surface area contributed by atoms with Crippen LogP contribution in [0.15, 0.2) is 12.1 Å². The number of hydrogen-bond acceptors (Lipinski definition) is 4. The Morgan fingerprint density at radius 1 is 1.28 bits per heavy atom. The van der Waals surface area contributed by atoms with E-state index in [1.807, 2.05) is 27.7 Å². The van der Waals surface area contributed by atoms with Crippen molar-refractivity contribution >= 4 is 24.5 Å². The molecule has 0 bridgehead atoms. The monoisotopic (exact) mass is 349 g/mol. The first kappa shape index (κ1) is 17.9. The molecule has 1 N–H and O–H groups in total. The third-order valence-corrected chi connectivity index (χ3v) is 5.39. The maximum absolute atomic E-state index is 14.6. The zero-order valence-corrected chi connectivity index (χ0v) is 14.9. The van der Waals surface area contributed by atoms with Gasteiger partial charge in [0.2, 0.25) is 0 Å². The lowest BCUT2D eigenvalue weighted by Crippen LogP contribution is -2.41. The van der Waals surface area contributed by atoms with E-state index in [9.17, 15) is 14.0 Å². The fraction of sp³-hybridized carbons (Fsp3) is 0.529. The van der Waals surface area contributed by atoms with Gasteiger partial charge in [0, 0.05) is 11.1 Å². The molecule has 134 valence electrons. The minimum atomic E-state index is -1.13. The van der Waals surface area contributed by atoms with Gasteiger partial charge in [0.1, 0.15) is 11.9 Å². The van der Waals surface area contributed by atoms with Crippen molar-refractivity contribution in [3.63, 3.8) is 0 Å². The van der Waals surface area contributed by atoms with Crippen LogP contribution in [0.5, 0.6) is 0 Å². The molecular formula is C17H21BFNO5. The van der Waals surface area contributed by atoms with Gasteiger partial charge in [0.05, 0.1) is 17.7 Å². The summed E-state index contributed by atoms with van der Waals surface area (Å²) in [5.74, 6) is -2.19. The fourth-order valence-corrected chi connectivity index (χ4v) is 2.97. The molecule has 8 heteroatoms. The molecule has 0 aromatic heterocycles. The second-order valence-corrected chi connectivity index (χ2v) is 7.56. The summed E-state index contributed by atoms with van der Waals surface area (Å²) >= 11 is 0. The average molecular weight is 349 g/mol. The van der Waals surface area contributed by atoms with Crippen LogP contribution in [-0.4, -0.2) is 46.2 Å². The lowest BCUT2D eigenvalue weighted by atomic mass is 9.77. The molecule has 1 aromatic carbocycles. The number of carbonyl (C=O) groups is 2. The number of amides is 1. The van der Waals surface area contributed by atoms with E-state index < -0.39 is 42.1 Å². The van der Waals surface area contributed by atoms with Gasteiger partial charge in [-0.05, 0) is 52.2 Å². The number of halogens is 1. The molecule has 2 aliphatic rings. The van der Waals surface area contributed by atoms with Crippen molar-refractivity contribution in [3.05, 3.63) is 29.1 Å². The summed E-state index contributed by atoms with van der Waals surface area (Å²) in [5.41, 5.74) is -0.383. The van der Waals surface area contributed by atoms with Crippen molar-refractivity contribution in [1.29, 1.82) is 0 Å². The Morgan fingerprint density at radius 2 is 1.84 bits per heavy atom. The van der Waals surface area contributed by atoms with Gasteiger partial charge in [-0.2, -0.15) is 0 Å². The zero-order chi connectivity index (χ0) is 18.7. The van der Waals surface area contributed by atoms with Crippen LogP contribution in [0.4, 0.5) is 4.39 Å². The van der Waals surface area contributed by atoms with Crippen LogP contribution in [0.1, 0.15) is 50.5 Å². The topological polar surface area (TPSA) is 76.1 Å². The predicted octanol–water partition coefficient (Wildman–Crippen LogP) is 1.55. The highest BCUT2D eigenvalue weighted by atomic mass is 19.1. The first-order valence-electron chi connectivity index (χ1n) is 8.16. The largest absolute Gasteiger partial charge is 0.494 e. The SMILES string of the molecule is CC(C(=O)O)N1Cc2c(F)cc(B3OC(C)(C)C(C)(C)O3)cc2C1=O. The van der Waals surface area contributed by atoms with Gasteiger partial charge in [0.25, 0.3) is 5.91 Å². The van der Waals surface area contributed by atoms with Crippen LogP contribution in [0, 0.1) is 5.82 Å². The van der Waals surface area contributed by atoms with Crippen molar-refractivity contribution in [2.75, 3.05) is 0 Å². The van der Waals surface area contributed by atoms with Crippen LogP contribution in [-0.2, 0) is 20.6 Å². The second kappa shape index (κ2) is 5.54. The molecule has 3 rings (SSSR count). The smallest absolute Gasteiger partial charge is 0.480 e. The van der Waals surface area contributed by atoms with Crippen LogP contribution in [0.2, 0.25) is 0 Å². The molecule has 1 atom stereocenters. The Labute approximate surface area is 146 Å². The molecule has 0 saturated carbocycles. The third kappa shape index (κ3) is 2.73. The van der Waals surface area contributed by atoms with E-state index in [-0.39, 0.29) is 17.7 Å². The minimum Gasteiger partial charge on any atom is -0.480 e. The Balaban J connectivity index is 1.95. The maximum Gasteiger partial charge on any atom is 0.494 e. The normalized spacial score (nSPS) is 22.2. The highest BCUT2D eigenvalue weighted by Gasteiger charge is 2.52. The van der Waals surface area contributed by atoms with E-state index in [0.717, 1.165) is 4.90 Å². The van der Waals surface area contributed by atoms with E-state index in [1.54, 1.807) is 0 Å². The molecule has 0 spiro atoms. The van der Waals surface area contributed by atoms with Gasteiger partial charge in [-0.3, -0.25) is 4.79 Å². The summed E-state index contributed by atoms with van der Waals surface area (Å²) in [6.45, 7) is 8.89. The summed E-state index contributed by atoms with van der Waals surface area (Å²) in [6, 6.07) is 1.81. The Kier molecular flexibility index (Phi) is 3.96. The molecule has 0 aliphatic carbocycles. The van der Waals surface area contributed by atoms with Crippen molar-refractivity contribution in [2.45, 2.75) is 58.4 Å². The molecule has 1 unspecified atom stereocenters. The van der Waals surface area contributed by atoms with Gasteiger partial charge in [-0.1, -0.05) is 0 Å². The van der Waals surface area contributed by atoms with E-state index in [1.165, 1.54) is 19.1 Å². The average Bonchev–Trinajstić information content (AvgIpc) is 2.93. The molecule has 2 heterocycles. The van der Waals surface area contributed by atoms with Gasteiger partial charge >= 0.3 is 13.1 Å². The Bertz CT molecular complexity index is 748. The van der Waals surface area contributed by atoms with E-state index in [2.05, 4.69) is 0 Å². The molecule has 2 aliphatic heterocycles. The van der Waals surface area contributed by atoms with Crippen LogP contribution < -0.4 is 5.46 Å². The summed E-state index contributed by atoms with van der Waals surface area (Å²) in [5, 5.41) is 9.12. The second-order valence-electron chi connectivity index (χ2n) is 7.56. The lowest BCUT2D eigenvalue weighted by Gasteiger charge is -2.32. The molecular weight excluding hydrogens is 328 g/mol. The van der Waals surface area contributed by atoms with Crippen LogP contribution in [0.3, 0.4) is 0 Å². The number of fused-ring (bicyclic) bond motifs is 1. The van der Waals surface area contributed by atoms with Gasteiger partial charge < -0.3 is 19.3 Å². The van der Waals surface area contributed by atoms with Crippen molar-refractivity contribution in [1.82, 2.24) is 4.90 Å². The fourth-order valence-electron chi connectivity index (χ4n) is 2.97. The molecule has 1 amide bonds. The number of nitrogens with zero attached hydrogens (tertiary/aromatic N) is 1. The van der Waals surface area contributed by atoms with Crippen molar-refractivity contribution < 1.29 is 28.4 Å². The molecule has 1 aromatic rings. The van der Waals surface area contributed by atoms with Gasteiger partial charge in [-0.15, -0.1) is 0 Å². The summed E-state index contributed by atoms with van der Waals surface area (Å²) in [4.78, 5) is 24.8. The molecule has 6 nitrogen and oxygen atoms in total. The van der Waals surface area contributed by atoms with Crippen LogP contribution >= 0.6 is 0 Å². The van der Waals surface area contributed by atoms with Crippen molar-refractivity contribution in [3.8, 4) is 0 Å². The quantitative estimate of drug-likeness (QED) is 0.838. The standard InChI is InChI=1S/C17H21BFNO5/c1-9(15(22)23)20-8-12-11(14(20)21)6-10(7-13(12)19)18-24-16(2,3)17(4,5)25-18/h6-7,9H,8H2,1-5H3,(H,22,23). The molecule has 0 radical (unpaired) electrons. The first-order valence-corrected chi connectivity index (χ1v) is 8.16. The zero-order valence-electron chi connectivity index (χ0n) is 14.9. The van der Waals surface area contributed by atoms with Gasteiger partial charge in [-0.25, -0.2) is 9.18 Å². The van der Waals surface area contributed by atoms with E-state index in [0.29, 0.717) is 5.46 Å². The molecule has 1 saturated heterocycles. The minimum absolute atomic E-state index is 0.0584. The Morgan fingerprint density at radius 3 is 2.36 bits per heavy atom. The van der Waals surface area contributed by atoms with Crippen LogP contribution in [0.25, 0.3) is 0 Å². The number of carboxylic acids is 1. The van der Waals surface area contributed by atoms with E-state index in [4.69, 9.17) is 14.4 Å². The predicted molar refractivity (Wildman–Crippen MR) is 89.1 cm³/mol. The number of aliphatic carboxylic acids is 1. The van der Waals surface area contributed by atoms with Gasteiger partial charge in [0.15, 0.2) is 0 Å². The first-order chi connectivity index (χ1) is 11.4. The highest BCUT2D eigenvalue weighted by molar-refractivity contribution is 6.62. The maximum atomic E-state index is 14.6. The number of benzene rings is 1. The number of rotatable bonds is 3. The number of carbonyl (C=O) groups excluding carboxylic acids is 1. The molecule has 1 fully saturated rings. The number of carboxylic acid groups (broad SMARTS) is 1. The third-order valence-electron chi connectivity index (χ3n) is 5.39. The summed E-state index contributed by atoms with van der Waals surface area (Å²) in [6.07, 6.45) is 0. The highest BCUT2D eigenvalue weighted by Crippen LogP contribution is 2.37. The number of hydrogen-bond donors (Lipinski definition) is 1. The molecule has 25 heavy (non-hydrogen) atoms. The summed E-state index contributed by atoms with van der Waals surface area (Å²) < 4.78 is 26.4. The summed E-state index contributed by atoms with van der Waals surface area (Å²) in [7, 11) is -0.788.